The van der Waals surface area contributed by atoms with E-state index in [2.05, 4.69) is 26.2 Å². The molecule has 2 rings (SSSR count). The van der Waals surface area contributed by atoms with E-state index in [4.69, 9.17) is 16.3 Å². The lowest BCUT2D eigenvalue weighted by atomic mass is 10.2. The number of halogens is 2. The molecular weight excluding hydrogens is 370 g/mol. The molecule has 1 atom stereocenters. The highest BCUT2D eigenvalue weighted by Crippen LogP contribution is 2.25. The lowest BCUT2D eigenvalue weighted by molar-refractivity contribution is 0.0235. The molecule has 0 aromatic carbocycles. The van der Waals surface area contributed by atoms with Crippen molar-refractivity contribution in [3.63, 3.8) is 0 Å². The number of pyridine rings is 1. The Labute approximate surface area is 144 Å². The second kappa shape index (κ2) is 7.04. The minimum atomic E-state index is -0.477. The van der Waals surface area contributed by atoms with Gasteiger partial charge in [0.2, 0.25) is 0 Å². The number of hydrogen-bond acceptors (Lipinski definition) is 4. The first kappa shape index (κ1) is 17.3. The van der Waals surface area contributed by atoms with Gasteiger partial charge >= 0.3 is 6.09 Å². The maximum atomic E-state index is 12.2. The predicted octanol–water partition coefficient (Wildman–Crippen LogP) is 4.31. The van der Waals surface area contributed by atoms with Gasteiger partial charge in [-0.3, -0.25) is 0 Å². The summed E-state index contributed by atoms with van der Waals surface area (Å²) in [5.74, 6) is 0. The minimum Gasteiger partial charge on any atom is -0.444 e. The standard InChI is InChI=1S/C15H21BrClN3O2/c1-15(2,3)22-14(21)20-6-4-5-11(20)9-18-12-7-10(16)8-19-13(12)17/h7-8,11,18H,4-6,9H2,1-3H3. The number of rotatable bonds is 3. The summed E-state index contributed by atoms with van der Waals surface area (Å²) < 4.78 is 6.32. The molecule has 1 amide bonds. The predicted molar refractivity (Wildman–Crippen MR) is 91.4 cm³/mol. The molecule has 0 radical (unpaired) electrons. The molecule has 5 nitrogen and oxygen atoms in total. The summed E-state index contributed by atoms with van der Waals surface area (Å²) in [4.78, 5) is 18.1. The summed E-state index contributed by atoms with van der Waals surface area (Å²) in [6.45, 7) is 6.98. The van der Waals surface area contributed by atoms with Gasteiger partial charge in [-0.2, -0.15) is 0 Å². The van der Waals surface area contributed by atoms with Crippen LogP contribution in [0.25, 0.3) is 0 Å². The first-order chi connectivity index (χ1) is 10.3. The Balaban J connectivity index is 1.97. The number of nitrogens with zero attached hydrogens (tertiary/aromatic N) is 2. The van der Waals surface area contributed by atoms with Gasteiger partial charge in [-0.05, 0) is 55.6 Å². The van der Waals surface area contributed by atoms with Crippen LogP contribution in [0.2, 0.25) is 5.15 Å². The Morgan fingerprint density at radius 1 is 1.59 bits per heavy atom. The Hall–Kier alpha value is -1.01. The van der Waals surface area contributed by atoms with Crippen molar-refractivity contribution in [3.05, 3.63) is 21.9 Å². The third-order valence-electron chi connectivity index (χ3n) is 3.34. The molecule has 0 saturated carbocycles. The average molecular weight is 391 g/mol. The summed E-state index contributed by atoms with van der Waals surface area (Å²) >= 11 is 9.44. The first-order valence-corrected chi connectivity index (χ1v) is 8.48. The summed E-state index contributed by atoms with van der Waals surface area (Å²) in [5, 5.41) is 3.69. The number of hydrogen-bond donors (Lipinski definition) is 1. The molecule has 1 aromatic rings. The van der Waals surface area contributed by atoms with E-state index in [0.29, 0.717) is 11.7 Å². The van der Waals surface area contributed by atoms with E-state index < -0.39 is 5.60 Å². The maximum absolute atomic E-state index is 12.2. The molecule has 2 heterocycles. The Morgan fingerprint density at radius 2 is 2.32 bits per heavy atom. The fourth-order valence-electron chi connectivity index (χ4n) is 2.38. The number of carbonyl (C=O) groups excluding carboxylic acids is 1. The molecule has 1 fully saturated rings. The molecule has 1 aromatic heterocycles. The van der Waals surface area contributed by atoms with Crippen LogP contribution in [-0.4, -0.2) is 40.7 Å². The van der Waals surface area contributed by atoms with Crippen molar-refractivity contribution in [2.24, 2.45) is 0 Å². The van der Waals surface area contributed by atoms with Gasteiger partial charge in [0, 0.05) is 23.8 Å². The lowest BCUT2D eigenvalue weighted by Crippen LogP contribution is -2.42. The molecule has 7 heteroatoms. The van der Waals surface area contributed by atoms with E-state index >= 15 is 0 Å². The van der Waals surface area contributed by atoms with Crippen molar-refractivity contribution >= 4 is 39.3 Å². The van der Waals surface area contributed by atoms with Crippen molar-refractivity contribution in [2.45, 2.75) is 45.3 Å². The number of anilines is 1. The fraction of sp³-hybridized carbons (Fsp3) is 0.600. The van der Waals surface area contributed by atoms with Crippen molar-refractivity contribution in [3.8, 4) is 0 Å². The van der Waals surface area contributed by atoms with Gasteiger partial charge in [0.1, 0.15) is 5.60 Å². The van der Waals surface area contributed by atoms with E-state index in [0.717, 1.165) is 29.5 Å². The molecular formula is C15H21BrClN3O2. The number of carbonyl (C=O) groups is 1. The van der Waals surface area contributed by atoms with Crippen LogP contribution in [-0.2, 0) is 4.74 Å². The largest absolute Gasteiger partial charge is 0.444 e. The highest BCUT2D eigenvalue weighted by Gasteiger charge is 2.32. The Morgan fingerprint density at radius 3 is 3.00 bits per heavy atom. The van der Waals surface area contributed by atoms with E-state index in [1.165, 1.54) is 0 Å². The molecule has 1 saturated heterocycles. The third-order valence-corrected chi connectivity index (χ3v) is 4.07. The number of ether oxygens (including phenoxy) is 1. The Kier molecular flexibility index (Phi) is 5.55. The molecule has 0 spiro atoms. The second-order valence-electron chi connectivity index (χ2n) is 6.34. The van der Waals surface area contributed by atoms with Gasteiger partial charge in [-0.25, -0.2) is 9.78 Å². The highest BCUT2D eigenvalue weighted by molar-refractivity contribution is 9.10. The maximum Gasteiger partial charge on any atom is 0.410 e. The zero-order chi connectivity index (χ0) is 16.3. The van der Waals surface area contributed by atoms with E-state index in [1.54, 1.807) is 11.1 Å². The van der Waals surface area contributed by atoms with E-state index in [-0.39, 0.29) is 12.1 Å². The van der Waals surface area contributed by atoms with Crippen molar-refractivity contribution in [2.75, 3.05) is 18.4 Å². The normalized spacial score (nSPS) is 18.4. The quantitative estimate of drug-likeness (QED) is 0.781. The third kappa shape index (κ3) is 4.74. The molecule has 122 valence electrons. The van der Waals surface area contributed by atoms with Gasteiger partial charge in [-0.1, -0.05) is 11.6 Å². The van der Waals surface area contributed by atoms with Crippen LogP contribution in [0.4, 0.5) is 10.5 Å². The first-order valence-electron chi connectivity index (χ1n) is 7.31. The molecule has 1 unspecified atom stereocenters. The van der Waals surface area contributed by atoms with Crippen LogP contribution in [0.3, 0.4) is 0 Å². The van der Waals surface area contributed by atoms with Gasteiger partial charge in [-0.15, -0.1) is 0 Å². The lowest BCUT2D eigenvalue weighted by Gasteiger charge is -2.29. The van der Waals surface area contributed by atoms with Crippen LogP contribution in [0.1, 0.15) is 33.6 Å². The summed E-state index contributed by atoms with van der Waals surface area (Å²) in [5.41, 5.74) is 0.280. The highest BCUT2D eigenvalue weighted by atomic mass is 79.9. The second-order valence-corrected chi connectivity index (χ2v) is 7.62. The van der Waals surface area contributed by atoms with Crippen molar-refractivity contribution < 1.29 is 9.53 Å². The summed E-state index contributed by atoms with van der Waals surface area (Å²) in [6.07, 6.45) is 3.33. The van der Waals surface area contributed by atoms with Gasteiger partial charge < -0.3 is 15.0 Å². The SMILES string of the molecule is CC(C)(C)OC(=O)N1CCCC1CNc1cc(Br)cnc1Cl. The minimum absolute atomic E-state index is 0.102. The van der Waals surface area contributed by atoms with Gasteiger partial charge in [0.05, 0.1) is 11.7 Å². The number of amides is 1. The smallest absolute Gasteiger partial charge is 0.410 e. The molecule has 22 heavy (non-hydrogen) atoms. The van der Waals surface area contributed by atoms with E-state index in [1.807, 2.05) is 26.8 Å². The van der Waals surface area contributed by atoms with Gasteiger partial charge in [0.15, 0.2) is 5.15 Å². The number of nitrogens with one attached hydrogen (secondary N) is 1. The summed E-state index contributed by atoms with van der Waals surface area (Å²) in [7, 11) is 0. The molecule has 1 aliphatic heterocycles. The van der Waals surface area contributed by atoms with Crippen LogP contribution in [0.5, 0.6) is 0 Å². The summed E-state index contributed by atoms with van der Waals surface area (Å²) in [6, 6.07) is 1.98. The Bertz CT molecular complexity index is 548. The molecule has 0 bridgehead atoms. The average Bonchev–Trinajstić information content (AvgIpc) is 2.86. The monoisotopic (exact) mass is 389 g/mol. The molecule has 0 aliphatic carbocycles. The molecule has 1 N–H and O–H groups in total. The van der Waals surface area contributed by atoms with Crippen LogP contribution in [0, 0.1) is 0 Å². The van der Waals surface area contributed by atoms with Crippen LogP contribution < -0.4 is 5.32 Å². The fourth-order valence-corrected chi connectivity index (χ4v) is 2.88. The van der Waals surface area contributed by atoms with Crippen LogP contribution in [0.15, 0.2) is 16.7 Å². The number of aromatic nitrogens is 1. The zero-order valence-corrected chi connectivity index (χ0v) is 15.4. The zero-order valence-electron chi connectivity index (χ0n) is 13.0. The van der Waals surface area contributed by atoms with Gasteiger partial charge in [0.25, 0.3) is 0 Å². The van der Waals surface area contributed by atoms with Crippen molar-refractivity contribution in [1.29, 1.82) is 0 Å². The number of likely N-dealkylation sites (tertiary alicyclic amines) is 1. The van der Waals surface area contributed by atoms with Crippen LogP contribution >= 0.6 is 27.5 Å². The molecule has 1 aliphatic rings. The van der Waals surface area contributed by atoms with E-state index in [9.17, 15) is 4.79 Å². The van der Waals surface area contributed by atoms with Crippen molar-refractivity contribution in [1.82, 2.24) is 9.88 Å². The topological polar surface area (TPSA) is 54.5 Å².